The van der Waals surface area contributed by atoms with Crippen LogP contribution in [0.4, 0.5) is 0 Å². The van der Waals surface area contributed by atoms with Crippen molar-refractivity contribution in [2.24, 2.45) is 0 Å². The number of aryl methyl sites for hydroxylation is 1. The second-order valence-corrected chi connectivity index (χ2v) is 4.59. The number of benzene rings is 1. The van der Waals surface area contributed by atoms with E-state index in [2.05, 4.69) is 0 Å². The SMILES string of the molecule is O=C(O)CCc1csc2cccc(Cl)c12. The fourth-order valence-corrected chi connectivity index (χ4v) is 2.91. The Hall–Kier alpha value is -1.06. The smallest absolute Gasteiger partial charge is 0.303 e. The highest BCUT2D eigenvalue weighted by Gasteiger charge is 2.08. The average Bonchev–Trinajstić information content (AvgIpc) is 2.59. The zero-order valence-electron chi connectivity index (χ0n) is 7.87. The summed E-state index contributed by atoms with van der Waals surface area (Å²) in [5.74, 6) is -0.776. The molecule has 0 unspecified atom stereocenters. The molecule has 0 saturated heterocycles. The number of rotatable bonds is 3. The lowest BCUT2D eigenvalue weighted by atomic mass is 10.1. The van der Waals surface area contributed by atoms with E-state index in [0.29, 0.717) is 11.4 Å². The summed E-state index contributed by atoms with van der Waals surface area (Å²) in [6, 6.07) is 5.74. The van der Waals surface area contributed by atoms with Crippen LogP contribution in [0.1, 0.15) is 12.0 Å². The third kappa shape index (κ3) is 2.13. The maximum Gasteiger partial charge on any atom is 0.303 e. The van der Waals surface area contributed by atoms with Crippen molar-refractivity contribution in [3.63, 3.8) is 0 Å². The summed E-state index contributed by atoms with van der Waals surface area (Å²) in [5, 5.41) is 12.3. The third-order valence-electron chi connectivity index (χ3n) is 2.23. The second kappa shape index (κ2) is 4.21. The zero-order chi connectivity index (χ0) is 10.8. The lowest BCUT2D eigenvalue weighted by molar-refractivity contribution is -0.136. The van der Waals surface area contributed by atoms with Crippen molar-refractivity contribution in [1.82, 2.24) is 0 Å². The van der Waals surface area contributed by atoms with Gasteiger partial charge in [-0.05, 0) is 29.5 Å². The van der Waals surface area contributed by atoms with Gasteiger partial charge in [0.05, 0.1) is 0 Å². The maximum absolute atomic E-state index is 10.5. The van der Waals surface area contributed by atoms with Crippen molar-refractivity contribution in [2.45, 2.75) is 12.8 Å². The molecule has 0 amide bonds. The molecule has 15 heavy (non-hydrogen) atoms. The largest absolute Gasteiger partial charge is 0.481 e. The summed E-state index contributed by atoms with van der Waals surface area (Å²) in [4.78, 5) is 10.5. The van der Waals surface area contributed by atoms with Gasteiger partial charge in [0.1, 0.15) is 0 Å². The number of halogens is 1. The van der Waals surface area contributed by atoms with Gasteiger partial charge < -0.3 is 5.11 Å². The Morgan fingerprint density at radius 2 is 2.27 bits per heavy atom. The van der Waals surface area contributed by atoms with E-state index >= 15 is 0 Å². The van der Waals surface area contributed by atoms with Crippen LogP contribution in [0, 0.1) is 0 Å². The standard InChI is InChI=1S/C11H9ClO2S/c12-8-2-1-3-9-11(8)7(6-15-9)4-5-10(13)14/h1-3,6H,4-5H2,(H,13,14). The first kappa shape index (κ1) is 10.5. The van der Waals surface area contributed by atoms with E-state index in [1.54, 1.807) is 11.3 Å². The summed E-state index contributed by atoms with van der Waals surface area (Å²) < 4.78 is 1.11. The monoisotopic (exact) mass is 240 g/mol. The minimum Gasteiger partial charge on any atom is -0.481 e. The fraction of sp³-hybridized carbons (Fsp3) is 0.182. The van der Waals surface area contributed by atoms with Gasteiger partial charge in [0.15, 0.2) is 0 Å². The maximum atomic E-state index is 10.5. The molecule has 1 aromatic heterocycles. The molecule has 2 rings (SSSR count). The van der Waals surface area contributed by atoms with Crippen LogP contribution in [-0.2, 0) is 11.2 Å². The highest BCUT2D eigenvalue weighted by molar-refractivity contribution is 7.17. The fourth-order valence-electron chi connectivity index (χ4n) is 1.53. The molecule has 2 nitrogen and oxygen atoms in total. The summed E-state index contributed by atoms with van der Waals surface area (Å²) in [7, 11) is 0. The van der Waals surface area contributed by atoms with Gasteiger partial charge >= 0.3 is 5.97 Å². The van der Waals surface area contributed by atoms with Gasteiger partial charge in [-0.15, -0.1) is 11.3 Å². The van der Waals surface area contributed by atoms with Gasteiger partial charge in [0, 0.05) is 21.5 Å². The first-order valence-electron chi connectivity index (χ1n) is 4.55. The van der Waals surface area contributed by atoms with Crippen LogP contribution in [-0.4, -0.2) is 11.1 Å². The van der Waals surface area contributed by atoms with Crippen LogP contribution >= 0.6 is 22.9 Å². The molecule has 1 heterocycles. The Morgan fingerprint density at radius 3 is 3.00 bits per heavy atom. The van der Waals surface area contributed by atoms with Crippen molar-refractivity contribution in [2.75, 3.05) is 0 Å². The topological polar surface area (TPSA) is 37.3 Å². The predicted octanol–water partition coefficient (Wildman–Crippen LogP) is 3.57. The molecular formula is C11H9ClO2S. The predicted molar refractivity (Wildman–Crippen MR) is 62.8 cm³/mol. The first-order chi connectivity index (χ1) is 7.18. The first-order valence-corrected chi connectivity index (χ1v) is 5.80. The number of hydrogen-bond acceptors (Lipinski definition) is 2. The molecule has 1 aromatic carbocycles. The number of fused-ring (bicyclic) bond motifs is 1. The van der Waals surface area contributed by atoms with E-state index < -0.39 is 5.97 Å². The van der Waals surface area contributed by atoms with Gasteiger partial charge in [-0.3, -0.25) is 4.79 Å². The molecule has 0 saturated carbocycles. The minimum atomic E-state index is -0.776. The molecule has 2 aromatic rings. The van der Waals surface area contributed by atoms with Crippen LogP contribution < -0.4 is 0 Å². The summed E-state index contributed by atoms with van der Waals surface area (Å²) in [6.07, 6.45) is 0.691. The molecule has 0 radical (unpaired) electrons. The van der Waals surface area contributed by atoms with Crippen LogP contribution in [0.15, 0.2) is 23.6 Å². The van der Waals surface area contributed by atoms with Crippen LogP contribution in [0.3, 0.4) is 0 Å². The Morgan fingerprint density at radius 1 is 1.47 bits per heavy atom. The van der Waals surface area contributed by atoms with Crippen molar-refractivity contribution >= 4 is 39.0 Å². The number of carboxylic acid groups (broad SMARTS) is 1. The van der Waals surface area contributed by atoms with Gasteiger partial charge in [-0.25, -0.2) is 0 Å². The summed E-state index contributed by atoms with van der Waals surface area (Å²) >= 11 is 7.68. The molecule has 0 aliphatic rings. The number of aliphatic carboxylic acids is 1. The van der Waals surface area contributed by atoms with E-state index in [1.165, 1.54) is 0 Å². The summed E-state index contributed by atoms with van der Waals surface area (Å²) in [6.45, 7) is 0. The highest BCUT2D eigenvalue weighted by atomic mass is 35.5. The minimum absolute atomic E-state index is 0.150. The van der Waals surface area contributed by atoms with Crippen LogP contribution in [0.5, 0.6) is 0 Å². The molecule has 4 heteroatoms. The van der Waals surface area contributed by atoms with Crippen LogP contribution in [0.2, 0.25) is 5.02 Å². The second-order valence-electron chi connectivity index (χ2n) is 3.27. The molecule has 0 spiro atoms. The zero-order valence-corrected chi connectivity index (χ0v) is 9.44. The third-order valence-corrected chi connectivity index (χ3v) is 3.54. The van der Waals surface area contributed by atoms with Crippen molar-refractivity contribution in [3.05, 3.63) is 34.2 Å². The molecular weight excluding hydrogens is 232 g/mol. The molecule has 0 aliphatic heterocycles. The van der Waals surface area contributed by atoms with E-state index in [0.717, 1.165) is 15.6 Å². The van der Waals surface area contributed by atoms with E-state index in [4.69, 9.17) is 16.7 Å². The molecule has 0 fully saturated rings. The number of carboxylic acids is 1. The molecule has 0 atom stereocenters. The average molecular weight is 241 g/mol. The number of thiophene rings is 1. The Balaban J connectivity index is 2.39. The lowest BCUT2D eigenvalue weighted by Gasteiger charge is -1.98. The number of hydrogen-bond donors (Lipinski definition) is 1. The quantitative estimate of drug-likeness (QED) is 0.891. The normalized spacial score (nSPS) is 10.7. The summed E-state index contributed by atoms with van der Waals surface area (Å²) in [5.41, 5.74) is 1.03. The van der Waals surface area contributed by atoms with Crippen molar-refractivity contribution < 1.29 is 9.90 Å². The van der Waals surface area contributed by atoms with E-state index in [1.807, 2.05) is 23.6 Å². The molecule has 0 bridgehead atoms. The Bertz CT molecular complexity index is 504. The number of carbonyl (C=O) groups is 1. The van der Waals surface area contributed by atoms with Crippen LogP contribution in [0.25, 0.3) is 10.1 Å². The van der Waals surface area contributed by atoms with Crippen molar-refractivity contribution in [1.29, 1.82) is 0 Å². The van der Waals surface area contributed by atoms with Gasteiger partial charge in [0.25, 0.3) is 0 Å². The highest BCUT2D eigenvalue weighted by Crippen LogP contribution is 2.32. The molecule has 1 N–H and O–H groups in total. The molecule has 78 valence electrons. The lowest BCUT2D eigenvalue weighted by Crippen LogP contribution is -1.96. The molecule has 0 aliphatic carbocycles. The van der Waals surface area contributed by atoms with E-state index in [-0.39, 0.29) is 6.42 Å². The van der Waals surface area contributed by atoms with Gasteiger partial charge in [0.2, 0.25) is 0 Å². The Labute approximate surface area is 96.1 Å². The van der Waals surface area contributed by atoms with Gasteiger partial charge in [-0.1, -0.05) is 17.7 Å². The van der Waals surface area contributed by atoms with E-state index in [9.17, 15) is 4.79 Å². The van der Waals surface area contributed by atoms with Gasteiger partial charge in [-0.2, -0.15) is 0 Å². The Kier molecular flexibility index (Phi) is 2.93. The van der Waals surface area contributed by atoms with Crippen molar-refractivity contribution in [3.8, 4) is 0 Å².